The van der Waals surface area contributed by atoms with Crippen LogP contribution in [0.5, 0.6) is 0 Å². The van der Waals surface area contributed by atoms with E-state index in [-0.39, 0.29) is 11.9 Å². The molecule has 1 saturated carbocycles. The normalized spacial score (nSPS) is 13.3. The highest BCUT2D eigenvalue weighted by molar-refractivity contribution is 7.17. The Kier molecular flexibility index (Phi) is 5.19. The molecule has 8 heteroatoms. The van der Waals surface area contributed by atoms with Gasteiger partial charge in [0.2, 0.25) is 0 Å². The van der Waals surface area contributed by atoms with Crippen LogP contribution in [-0.2, 0) is 4.74 Å². The molecular formula is C21H21N3O4S. The fourth-order valence-electron chi connectivity index (χ4n) is 3.09. The topological polar surface area (TPSA) is 85.5 Å². The van der Waals surface area contributed by atoms with Crippen LogP contribution in [0.15, 0.2) is 34.9 Å². The number of carbonyl (C=O) groups is 2. The van der Waals surface area contributed by atoms with Crippen molar-refractivity contribution >= 4 is 28.3 Å². The molecule has 150 valence electrons. The van der Waals surface area contributed by atoms with Gasteiger partial charge in [-0.25, -0.2) is 14.8 Å². The summed E-state index contributed by atoms with van der Waals surface area (Å²) < 4.78 is 10.5. The molecule has 1 aliphatic carbocycles. The van der Waals surface area contributed by atoms with E-state index < -0.39 is 5.97 Å². The molecular weight excluding hydrogens is 390 g/mol. The summed E-state index contributed by atoms with van der Waals surface area (Å²) >= 11 is 1.20. The van der Waals surface area contributed by atoms with Gasteiger partial charge in [0, 0.05) is 6.04 Å². The van der Waals surface area contributed by atoms with Gasteiger partial charge in [-0.05, 0) is 57.9 Å². The van der Waals surface area contributed by atoms with Crippen LogP contribution >= 0.6 is 11.3 Å². The predicted octanol–water partition coefficient (Wildman–Crippen LogP) is 4.40. The second-order valence-corrected chi connectivity index (χ2v) is 7.82. The highest BCUT2D eigenvalue weighted by Crippen LogP contribution is 2.37. The molecule has 0 unspecified atom stereocenters. The fraction of sp³-hybridized carbons (Fsp3) is 0.333. The fourth-order valence-corrected chi connectivity index (χ4v) is 4.12. The average molecular weight is 411 g/mol. The van der Waals surface area contributed by atoms with Gasteiger partial charge < -0.3 is 9.15 Å². The van der Waals surface area contributed by atoms with Crippen molar-refractivity contribution in [3.63, 3.8) is 0 Å². The zero-order valence-electron chi connectivity index (χ0n) is 16.5. The minimum atomic E-state index is -0.405. The lowest BCUT2D eigenvalue weighted by atomic mass is 10.1. The summed E-state index contributed by atoms with van der Waals surface area (Å²) in [6.45, 7) is 5.62. The van der Waals surface area contributed by atoms with Crippen LogP contribution in [0, 0.1) is 13.8 Å². The van der Waals surface area contributed by atoms with Crippen molar-refractivity contribution in [3.05, 3.63) is 52.4 Å². The number of amides is 1. The van der Waals surface area contributed by atoms with Crippen LogP contribution in [0.1, 0.15) is 51.2 Å². The average Bonchev–Trinajstić information content (AvgIpc) is 3.22. The zero-order chi connectivity index (χ0) is 20.5. The molecule has 7 nitrogen and oxygen atoms in total. The first kappa shape index (κ1) is 19.3. The summed E-state index contributed by atoms with van der Waals surface area (Å²) in [6, 6.07) is 7.26. The van der Waals surface area contributed by atoms with Crippen molar-refractivity contribution in [3.8, 4) is 11.5 Å². The molecule has 0 N–H and O–H groups in total. The number of aromatic nitrogens is 2. The number of anilines is 1. The number of furan rings is 1. The van der Waals surface area contributed by atoms with Crippen molar-refractivity contribution < 1.29 is 18.7 Å². The second kappa shape index (κ2) is 7.79. The van der Waals surface area contributed by atoms with E-state index in [1.165, 1.54) is 11.3 Å². The molecule has 0 aromatic carbocycles. The number of nitrogens with zero attached hydrogens (tertiary/aromatic N) is 3. The Bertz CT molecular complexity index is 1050. The van der Waals surface area contributed by atoms with E-state index in [0.29, 0.717) is 45.0 Å². The monoisotopic (exact) mass is 411 g/mol. The molecule has 0 atom stereocenters. The van der Waals surface area contributed by atoms with Crippen molar-refractivity contribution in [1.82, 2.24) is 9.97 Å². The minimum absolute atomic E-state index is 0.0900. The van der Waals surface area contributed by atoms with E-state index in [0.717, 1.165) is 12.8 Å². The minimum Gasteiger partial charge on any atom is -0.463 e. The largest absolute Gasteiger partial charge is 0.463 e. The van der Waals surface area contributed by atoms with Gasteiger partial charge in [0.05, 0.1) is 29.8 Å². The summed E-state index contributed by atoms with van der Waals surface area (Å²) in [5, 5.41) is 0.521. The quantitative estimate of drug-likeness (QED) is 0.559. The standard InChI is InChI=1S/C21H21N3O4S/c1-4-27-20(26)18-13(3)23-21(29-18)24(14-7-8-14)19(25)15-9-10-16(22-12(15)2)17-6-5-11-28-17/h5-6,9-11,14H,4,7-8H2,1-3H3. The smallest absolute Gasteiger partial charge is 0.350 e. The van der Waals surface area contributed by atoms with Crippen LogP contribution in [0.3, 0.4) is 0 Å². The van der Waals surface area contributed by atoms with E-state index in [1.54, 1.807) is 43.2 Å². The number of ether oxygens (including phenoxy) is 1. The SMILES string of the molecule is CCOC(=O)c1sc(N(C(=O)c2ccc(-c3ccco3)nc2C)C2CC2)nc1C. The number of hydrogen-bond acceptors (Lipinski definition) is 7. The van der Waals surface area contributed by atoms with Crippen molar-refractivity contribution in [2.24, 2.45) is 0 Å². The maximum Gasteiger partial charge on any atom is 0.350 e. The van der Waals surface area contributed by atoms with E-state index in [2.05, 4.69) is 9.97 Å². The molecule has 1 amide bonds. The molecule has 0 bridgehead atoms. The molecule has 0 spiro atoms. The lowest BCUT2D eigenvalue weighted by Gasteiger charge is -2.20. The number of pyridine rings is 1. The van der Waals surface area contributed by atoms with E-state index >= 15 is 0 Å². The first-order valence-electron chi connectivity index (χ1n) is 9.49. The summed E-state index contributed by atoms with van der Waals surface area (Å²) in [4.78, 5) is 36.7. The first-order valence-corrected chi connectivity index (χ1v) is 10.3. The van der Waals surface area contributed by atoms with E-state index in [1.807, 2.05) is 13.0 Å². The van der Waals surface area contributed by atoms with Crippen LogP contribution in [0.2, 0.25) is 0 Å². The molecule has 0 aliphatic heterocycles. The molecule has 4 rings (SSSR count). The number of rotatable bonds is 6. The Labute approximate surface area is 172 Å². The van der Waals surface area contributed by atoms with Crippen molar-refractivity contribution in [2.45, 2.75) is 39.7 Å². The van der Waals surface area contributed by atoms with Gasteiger partial charge in [0.1, 0.15) is 10.6 Å². The third kappa shape index (κ3) is 3.80. The van der Waals surface area contributed by atoms with Gasteiger partial charge in [0.15, 0.2) is 10.9 Å². The molecule has 3 heterocycles. The summed E-state index contributed by atoms with van der Waals surface area (Å²) in [6.07, 6.45) is 3.41. The van der Waals surface area contributed by atoms with Crippen molar-refractivity contribution in [1.29, 1.82) is 0 Å². The zero-order valence-corrected chi connectivity index (χ0v) is 17.3. The van der Waals surface area contributed by atoms with Gasteiger partial charge in [-0.3, -0.25) is 9.69 Å². The van der Waals surface area contributed by atoms with Gasteiger partial charge >= 0.3 is 5.97 Å². The van der Waals surface area contributed by atoms with Crippen LogP contribution in [0.4, 0.5) is 5.13 Å². The maximum absolute atomic E-state index is 13.4. The molecule has 1 fully saturated rings. The van der Waals surface area contributed by atoms with Crippen LogP contribution in [0.25, 0.3) is 11.5 Å². The Morgan fingerprint density at radius 1 is 1.21 bits per heavy atom. The molecule has 0 radical (unpaired) electrons. The highest BCUT2D eigenvalue weighted by atomic mass is 32.1. The second-order valence-electron chi connectivity index (χ2n) is 6.84. The number of carbonyl (C=O) groups excluding carboxylic acids is 2. The summed E-state index contributed by atoms with van der Waals surface area (Å²) in [5.41, 5.74) is 2.38. The molecule has 3 aromatic heterocycles. The van der Waals surface area contributed by atoms with Gasteiger partial charge in [0.25, 0.3) is 5.91 Å². The number of hydrogen-bond donors (Lipinski definition) is 0. The maximum atomic E-state index is 13.4. The van der Waals surface area contributed by atoms with Crippen LogP contribution < -0.4 is 4.90 Å². The first-order chi connectivity index (χ1) is 14.0. The molecule has 3 aromatic rings. The van der Waals surface area contributed by atoms with Gasteiger partial charge in [-0.15, -0.1) is 0 Å². The third-order valence-corrected chi connectivity index (χ3v) is 5.81. The Morgan fingerprint density at radius 2 is 2.00 bits per heavy atom. The lowest BCUT2D eigenvalue weighted by Crippen LogP contribution is -2.33. The lowest BCUT2D eigenvalue weighted by molar-refractivity contribution is 0.0531. The summed E-state index contributed by atoms with van der Waals surface area (Å²) in [5.74, 6) is 0.0889. The van der Waals surface area contributed by atoms with Gasteiger partial charge in [-0.1, -0.05) is 11.3 Å². The highest BCUT2D eigenvalue weighted by Gasteiger charge is 2.37. The Hall–Kier alpha value is -3.00. The van der Waals surface area contributed by atoms with Gasteiger partial charge in [-0.2, -0.15) is 0 Å². The predicted molar refractivity (Wildman–Crippen MR) is 109 cm³/mol. The number of thiazole rings is 1. The third-order valence-electron chi connectivity index (χ3n) is 4.67. The number of esters is 1. The van der Waals surface area contributed by atoms with Crippen molar-refractivity contribution in [2.75, 3.05) is 11.5 Å². The molecule has 29 heavy (non-hydrogen) atoms. The Balaban J connectivity index is 1.66. The van der Waals surface area contributed by atoms with E-state index in [9.17, 15) is 9.59 Å². The van der Waals surface area contributed by atoms with E-state index in [4.69, 9.17) is 9.15 Å². The Morgan fingerprint density at radius 3 is 2.62 bits per heavy atom. The summed E-state index contributed by atoms with van der Waals surface area (Å²) in [7, 11) is 0. The molecule has 0 saturated heterocycles. The van der Waals surface area contributed by atoms with Crippen LogP contribution in [-0.4, -0.2) is 34.5 Å². The molecule has 1 aliphatic rings. The number of aryl methyl sites for hydroxylation is 2.